The van der Waals surface area contributed by atoms with Crippen molar-refractivity contribution in [2.45, 2.75) is 267 Å². The Kier molecular flexibility index (Phi) is 47.7. The van der Waals surface area contributed by atoms with Gasteiger partial charge < -0.3 is 150 Å². The number of phosphoric acid groups is 4. The number of carbonyl (C=O) groups excluding carboxylic acids is 9. The molecular weight excluding hydrogens is 1790 g/mol. The molecule has 6 aliphatic rings. The summed E-state index contributed by atoms with van der Waals surface area (Å²) in [4.78, 5) is 180. The molecule has 49 nitrogen and oxygen atoms in total. The van der Waals surface area contributed by atoms with Crippen LogP contribution >= 0.6 is 31.3 Å². The lowest BCUT2D eigenvalue weighted by atomic mass is 9.80. The monoisotopic (exact) mass is 1930 g/mol. The van der Waals surface area contributed by atoms with Crippen LogP contribution < -0.4 is 31.9 Å². The number of hydrogen-bond donors (Lipinski definition) is 21. The van der Waals surface area contributed by atoms with Gasteiger partial charge in [0, 0.05) is 134 Å². The molecule has 0 radical (unpaired) electrons. The largest absolute Gasteiger partial charge is 0.472 e. The van der Waals surface area contributed by atoms with Crippen LogP contribution in [-0.4, -0.2) is 373 Å². The highest BCUT2D eigenvalue weighted by molar-refractivity contribution is 7.47. The molecule has 0 saturated carbocycles. The Hall–Kier alpha value is -4.93. The minimum Gasteiger partial charge on any atom is -0.394 e. The van der Waals surface area contributed by atoms with Gasteiger partial charge >= 0.3 is 31.3 Å². The van der Waals surface area contributed by atoms with Crippen molar-refractivity contribution in [1.29, 1.82) is 0 Å². The Bertz CT molecular complexity index is 3490. The molecule has 9 amide bonds. The highest BCUT2D eigenvalue weighted by Gasteiger charge is 2.51. The number of piperidine rings is 3. The lowest BCUT2D eigenvalue weighted by Gasteiger charge is -2.43. The number of carbonyl (C=O) groups is 9. The van der Waals surface area contributed by atoms with Gasteiger partial charge in [0.25, 0.3) is 0 Å². The zero-order valence-electron chi connectivity index (χ0n) is 72.5. The van der Waals surface area contributed by atoms with Crippen LogP contribution in [0.2, 0.25) is 0 Å². The summed E-state index contributed by atoms with van der Waals surface area (Å²) in [5.74, 6) is -3.39. The molecular formula is C75H135N9O40P4. The Morgan fingerprint density at radius 2 is 0.570 bits per heavy atom. The first-order chi connectivity index (χ1) is 60.3. The second kappa shape index (κ2) is 54.6. The fourth-order valence-electron chi connectivity index (χ4n) is 15.4. The third-order valence-electron chi connectivity index (χ3n) is 23.2. The minimum absolute atomic E-state index is 0.00334. The van der Waals surface area contributed by atoms with Crippen molar-refractivity contribution in [3.8, 4) is 0 Å². The van der Waals surface area contributed by atoms with E-state index in [9.17, 15) is 137 Å². The molecule has 740 valence electrons. The Morgan fingerprint density at radius 1 is 0.336 bits per heavy atom. The molecule has 6 heterocycles. The molecule has 17 atom stereocenters. The molecule has 21 N–H and O–H groups in total. The molecule has 0 aliphatic carbocycles. The van der Waals surface area contributed by atoms with E-state index < -0.39 is 217 Å². The number of nitrogens with zero attached hydrogens (tertiary/aromatic N) is 3. The third kappa shape index (κ3) is 39.2. The summed E-state index contributed by atoms with van der Waals surface area (Å²) in [6, 6.07) is -3.45. The first kappa shape index (κ1) is 112. The molecule has 17 unspecified atom stereocenters. The van der Waals surface area contributed by atoms with Crippen LogP contribution in [0.25, 0.3) is 0 Å². The molecule has 0 bridgehead atoms. The van der Waals surface area contributed by atoms with E-state index in [1.54, 1.807) is 0 Å². The predicted octanol–water partition coefficient (Wildman–Crippen LogP) is -3.45. The number of hydrogen-bond acceptors (Lipinski definition) is 34. The fourth-order valence-corrected chi connectivity index (χ4v) is 18.1. The Balaban J connectivity index is 0.991. The van der Waals surface area contributed by atoms with E-state index in [0.717, 1.165) is 0 Å². The number of rotatable bonds is 57. The van der Waals surface area contributed by atoms with Crippen molar-refractivity contribution in [2.24, 2.45) is 16.2 Å². The van der Waals surface area contributed by atoms with E-state index in [2.05, 4.69) is 31.9 Å². The highest BCUT2D eigenvalue weighted by Crippen LogP contribution is 2.53. The van der Waals surface area contributed by atoms with Gasteiger partial charge in [0.15, 0.2) is 18.9 Å². The standard InChI is InChI=1S/C75H135N9O40P4/c1-49(88)79-61-67(100)64(97)52(40-85)122-70(61)113-37-13-16-55(91)76-28-10-4-7-19-58(94)82-31-22-73(23-32-82,43-116-125(103,104)105)45-118-127(109,110)120-47-75(26-35-84(36-27-75)60(96)21-9-6-12-30-78-57(93)18-15-39-115-72-63(81-51(3)90)69(102)66(99)54(42-87)124-72)48-121-128(111,112)119-46-74(44-117-126(106,107)108)24-33-83(34-25-74)59(95)20-8-5-11-29-77-56(92)17-14-38-114-71-62(80-50(2)89)68(101)65(98)53(41-86)123-71/h52-54,61-72,85-87,97-102H,4-48H2,1-3H3,(H,76,91)(H,77,92)(H,78,93)(H,79,88)(H,80,89)(H,81,90)(H,109,110)(H,111,112)(H2,103,104,105)(H2,106,107,108). The predicted molar refractivity (Wildman–Crippen MR) is 440 cm³/mol. The maximum Gasteiger partial charge on any atom is 0.472 e. The maximum atomic E-state index is 14.1. The minimum atomic E-state index is -5.24. The molecule has 6 fully saturated rings. The van der Waals surface area contributed by atoms with Gasteiger partial charge in [-0.25, -0.2) is 18.3 Å². The first-order valence-electron chi connectivity index (χ1n) is 43.2. The van der Waals surface area contributed by atoms with Gasteiger partial charge in [-0.1, -0.05) is 19.3 Å². The van der Waals surface area contributed by atoms with Crippen molar-refractivity contribution in [2.75, 3.05) is 138 Å². The van der Waals surface area contributed by atoms with Crippen LogP contribution in [0.1, 0.15) is 175 Å². The van der Waals surface area contributed by atoms with E-state index in [0.29, 0.717) is 57.8 Å². The normalized spacial score (nSPS) is 27.0. The van der Waals surface area contributed by atoms with E-state index in [-0.39, 0.29) is 210 Å². The van der Waals surface area contributed by atoms with Crippen LogP contribution in [0.3, 0.4) is 0 Å². The zero-order valence-corrected chi connectivity index (χ0v) is 76.1. The highest BCUT2D eigenvalue weighted by atomic mass is 31.2. The van der Waals surface area contributed by atoms with Gasteiger partial charge in [0.2, 0.25) is 53.2 Å². The number of aliphatic hydroxyl groups is 9. The summed E-state index contributed by atoms with van der Waals surface area (Å²) in [5, 5.41) is 107. The lowest BCUT2D eigenvalue weighted by Crippen LogP contribution is -2.64. The second-order valence-corrected chi connectivity index (χ2v) is 38.8. The van der Waals surface area contributed by atoms with E-state index in [1.165, 1.54) is 35.5 Å². The Labute approximate surface area is 741 Å². The maximum absolute atomic E-state index is 14.1. The van der Waals surface area contributed by atoms with E-state index in [4.69, 9.17) is 55.6 Å². The summed E-state index contributed by atoms with van der Waals surface area (Å²) in [6.07, 6.45) is -11.6. The molecule has 0 aromatic carbocycles. The van der Waals surface area contributed by atoms with E-state index in [1.807, 2.05) is 0 Å². The molecule has 0 aromatic heterocycles. The summed E-state index contributed by atoms with van der Waals surface area (Å²) >= 11 is 0. The van der Waals surface area contributed by atoms with Gasteiger partial charge in [-0.05, 0) is 96.3 Å². The molecule has 6 aliphatic heterocycles. The molecule has 6 rings (SSSR count). The van der Waals surface area contributed by atoms with Crippen LogP contribution in [0.5, 0.6) is 0 Å². The first-order valence-corrected chi connectivity index (χ1v) is 49.2. The SMILES string of the molecule is CC(=O)NC1C(OCCCC(=O)NCCCCCC(=O)N2CCC(COP(=O)(O)O)(COP(=O)(O)OCC3(COP(=O)(O)OCC4(COP(=O)(O)O)CCN(C(=O)CCCCCNC(=O)CCCOC5OC(CO)C(O)C(O)C5NC(C)=O)CC4)CCN(C(=O)CCCCCNC(=O)CCCOC4OC(CO)C(O)C(O)C4NC(C)=O)CC3)CC2)OC(CO)C(O)C1O. The number of phosphoric ester groups is 4. The molecule has 0 spiro atoms. The van der Waals surface area contributed by atoms with Crippen LogP contribution in [0, 0.1) is 16.2 Å². The second-order valence-electron chi connectivity index (χ2n) is 33.4. The smallest absolute Gasteiger partial charge is 0.394 e. The molecule has 0 aromatic rings. The average molecular weight is 1930 g/mol. The van der Waals surface area contributed by atoms with Crippen molar-refractivity contribution in [1.82, 2.24) is 46.6 Å². The third-order valence-corrected chi connectivity index (χ3v) is 25.9. The number of amides is 9. The molecule has 6 saturated heterocycles. The van der Waals surface area contributed by atoms with Crippen molar-refractivity contribution < 1.29 is 192 Å². The van der Waals surface area contributed by atoms with Crippen molar-refractivity contribution >= 4 is 84.5 Å². The summed E-state index contributed by atoms with van der Waals surface area (Å²) in [6.45, 7) is -2.07. The number of aliphatic hydroxyl groups excluding tert-OH is 9. The molecule has 53 heteroatoms. The lowest BCUT2D eigenvalue weighted by molar-refractivity contribution is -0.270. The van der Waals surface area contributed by atoms with Crippen LogP contribution in [-0.2, 0) is 117 Å². The van der Waals surface area contributed by atoms with Gasteiger partial charge in [0.1, 0.15) is 73.1 Å². The summed E-state index contributed by atoms with van der Waals surface area (Å²) in [5.41, 5.74) is -4.27. The topological polar surface area (TPSA) is 718 Å². The zero-order chi connectivity index (χ0) is 94.6. The number of unbranched alkanes of at least 4 members (excludes halogenated alkanes) is 6. The van der Waals surface area contributed by atoms with Crippen LogP contribution in [0.15, 0.2) is 0 Å². The number of ether oxygens (including phenoxy) is 6. The van der Waals surface area contributed by atoms with Gasteiger partial charge in [0.05, 0.1) is 79.3 Å². The fraction of sp³-hybridized carbons (Fsp3) is 0.880. The average Bonchev–Trinajstić information content (AvgIpc) is 0.838. The summed E-state index contributed by atoms with van der Waals surface area (Å²) < 4.78 is 118. The summed E-state index contributed by atoms with van der Waals surface area (Å²) in [7, 11) is -20.8. The van der Waals surface area contributed by atoms with Gasteiger partial charge in [-0.2, -0.15) is 0 Å². The van der Waals surface area contributed by atoms with E-state index >= 15 is 0 Å². The van der Waals surface area contributed by atoms with Crippen molar-refractivity contribution in [3.05, 3.63) is 0 Å². The molecule has 128 heavy (non-hydrogen) atoms. The van der Waals surface area contributed by atoms with Crippen molar-refractivity contribution in [3.63, 3.8) is 0 Å². The van der Waals surface area contributed by atoms with Crippen LogP contribution in [0.4, 0.5) is 0 Å². The Morgan fingerprint density at radius 3 is 0.789 bits per heavy atom. The quantitative estimate of drug-likeness (QED) is 0.0208. The number of nitrogens with one attached hydrogen (secondary N) is 6. The van der Waals surface area contributed by atoms with Gasteiger partial charge in [-0.15, -0.1) is 0 Å². The van der Waals surface area contributed by atoms with Gasteiger partial charge in [-0.3, -0.25) is 70.3 Å². The number of likely N-dealkylation sites (tertiary alicyclic amines) is 3.